The normalized spacial score (nSPS) is 15.7. The van der Waals surface area contributed by atoms with E-state index in [1.54, 1.807) is 0 Å². The molecule has 0 saturated carbocycles. The summed E-state index contributed by atoms with van der Waals surface area (Å²) in [6.45, 7) is 14.6. The van der Waals surface area contributed by atoms with E-state index in [2.05, 4.69) is 41.3 Å². The van der Waals surface area contributed by atoms with Crippen LogP contribution < -0.4 is 10.6 Å². The van der Waals surface area contributed by atoms with E-state index in [0.29, 0.717) is 5.92 Å². The lowest BCUT2D eigenvalue weighted by atomic mass is 10.2. The molecule has 1 fully saturated rings. The fourth-order valence-corrected chi connectivity index (χ4v) is 2.53. The summed E-state index contributed by atoms with van der Waals surface area (Å²) >= 11 is 0. The van der Waals surface area contributed by atoms with Crippen molar-refractivity contribution in [2.75, 3.05) is 52.5 Å². The van der Waals surface area contributed by atoms with E-state index >= 15 is 0 Å². The minimum Gasteiger partial charge on any atom is -0.381 e. The molecular weight excluding hydrogens is 403 g/mol. The molecule has 1 saturated heterocycles. The van der Waals surface area contributed by atoms with Crippen molar-refractivity contribution < 1.29 is 4.74 Å². The topological polar surface area (TPSA) is 48.9 Å². The van der Waals surface area contributed by atoms with Crippen molar-refractivity contribution in [1.82, 2.24) is 15.5 Å². The number of halogens is 1. The summed E-state index contributed by atoms with van der Waals surface area (Å²) in [5.41, 5.74) is 0. The Labute approximate surface area is 160 Å². The SMILES string of the molecule is CCNC(=NCCCOCC(C)C)NCCCN1CCCC1.I. The number of hydrogen-bond donors (Lipinski definition) is 2. The van der Waals surface area contributed by atoms with Crippen molar-refractivity contribution in [3.05, 3.63) is 0 Å². The van der Waals surface area contributed by atoms with Crippen molar-refractivity contribution in [3.63, 3.8) is 0 Å². The molecular formula is C17H37IN4O. The van der Waals surface area contributed by atoms with Crippen LogP contribution in [0.2, 0.25) is 0 Å². The molecule has 0 radical (unpaired) electrons. The fraction of sp³-hybridized carbons (Fsp3) is 0.941. The van der Waals surface area contributed by atoms with E-state index in [-0.39, 0.29) is 24.0 Å². The van der Waals surface area contributed by atoms with Crippen LogP contribution in [0.3, 0.4) is 0 Å². The molecule has 0 amide bonds. The third kappa shape index (κ3) is 12.9. The molecule has 1 aliphatic rings. The highest BCUT2D eigenvalue weighted by Gasteiger charge is 2.10. The van der Waals surface area contributed by atoms with Crippen molar-refractivity contribution in [2.24, 2.45) is 10.9 Å². The van der Waals surface area contributed by atoms with Gasteiger partial charge in [-0.1, -0.05) is 13.8 Å². The Bertz CT molecular complexity index is 294. The molecule has 1 rings (SSSR count). The maximum atomic E-state index is 5.58. The molecule has 0 aromatic heterocycles. The van der Waals surface area contributed by atoms with Crippen LogP contribution in [0.4, 0.5) is 0 Å². The molecule has 1 heterocycles. The van der Waals surface area contributed by atoms with Crippen LogP contribution in [-0.4, -0.2) is 63.3 Å². The molecule has 0 atom stereocenters. The Morgan fingerprint density at radius 1 is 1.17 bits per heavy atom. The van der Waals surface area contributed by atoms with Gasteiger partial charge in [0.05, 0.1) is 0 Å². The maximum Gasteiger partial charge on any atom is 0.191 e. The molecule has 5 nitrogen and oxygen atoms in total. The number of guanidine groups is 1. The lowest BCUT2D eigenvalue weighted by molar-refractivity contribution is 0.109. The van der Waals surface area contributed by atoms with Crippen LogP contribution in [0.15, 0.2) is 4.99 Å². The first-order chi connectivity index (χ1) is 10.7. The third-order valence-corrected chi connectivity index (χ3v) is 3.65. The van der Waals surface area contributed by atoms with Gasteiger partial charge in [-0.05, 0) is 58.2 Å². The Hall–Kier alpha value is -0.0800. The quantitative estimate of drug-likeness (QED) is 0.225. The molecule has 0 aliphatic carbocycles. The van der Waals surface area contributed by atoms with Crippen molar-refractivity contribution in [2.45, 2.75) is 46.5 Å². The molecule has 0 aromatic rings. The third-order valence-electron chi connectivity index (χ3n) is 3.65. The lowest BCUT2D eigenvalue weighted by Crippen LogP contribution is -2.38. The van der Waals surface area contributed by atoms with E-state index in [9.17, 15) is 0 Å². The zero-order chi connectivity index (χ0) is 16.0. The second kappa shape index (κ2) is 15.4. The van der Waals surface area contributed by atoms with Crippen LogP contribution in [0.1, 0.15) is 46.5 Å². The van der Waals surface area contributed by atoms with Gasteiger partial charge in [-0.25, -0.2) is 0 Å². The second-order valence-electron chi connectivity index (χ2n) is 6.41. The molecule has 2 N–H and O–H groups in total. The number of likely N-dealkylation sites (tertiary alicyclic amines) is 1. The van der Waals surface area contributed by atoms with Gasteiger partial charge in [0.1, 0.15) is 0 Å². The Kier molecular flexibility index (Phi) is 15.4. The number of ether oxygens (including phenoxy) is 1. The number of nitrogens with zero attached hydrogens (tertiary/aromatic N) is 2. The van der Waals surface area contributed by atoms with Crippen LogP contribution >= 0.6 is 24.0 Å². The van der Waals surface area contributed by atoms with Gasteiger partial charge in [-0.2, -0.15) is 0 Å². The van der Waals surface area contributed by atoms with Gasteiger partial charge in [0, 0.05) is 32.8 Å². The van der Waals surface area contributed by atoms with Gasteiger partial charge in [-0.3, -0.25) is 4.99 Å². The van der Waals surface area contributed by atoms with E-state index in [4.69, 9.17) is 4.74 Å². The van der Waals surface area contributed by atoms with Crippen LogP contribution in [0.5, 0.6) is 0 Å². The first-order valence-electron chi connectivity index (χ1n) is 9.04. The van der Waals surface area contributed by atoms with Gasteiger partial charge < -0.3 is 20.3 Å². The summed E-state index contributed by atoms with van der Waals surface area (Å²) in [6.07, 6.45) is 4.91. The predicted octanol–water partition coefficient (Wildman–Crippen LogP) is 2.71. The molecule has 23 heavy (non-hydrogen) atoms. The Morgan fingerprint density at radius 2 is 1.91 bits per heavy atom. The molecule has 0 unspecified atom stereocenters. The first-order valence-corrected chi connectivity index (χ1v) is 9.04. The molecule has 6 heteroatoms. The van der Waals surface area contributed by atoms with Crippen LogP contribution in [0, 0.1) is 5.92 Å². The summed E-state index contributed by atoms with van der Waals surface area (Å²) < 4.78 is 5.58. The number of aliphatic imine (C=N–C) groups is 1. The molecule has 0 aromatic carbocycles. The number of nitrogens with one attached hydrogen (secondary N) is 2. The highest BCUT2D eigenvalue weighted by atomic mass is 127. The van der Waals surface area contributed by atoms with E-state index in [0.717, 1.165) is 45.2 Å². The van der Waals surface area contributed by atoms with E-state index in [1.807, 2.05) is 0 Å². The van der Waals surface area contributed by atoms with E-state index in [1.165, 1.54) is 38.9 Å². The smallest absolute Gasteiger partial charge is 0.191 e. The standard InChI is InChI=1S/C17H36N4O.HI/c1-4-18-17(20-10-8-14-22-15-16(2)3)19-9-7-13-21-11-5-6-12-21;/h16H,4-15H2,1-3H3,(H2,18,19,20);1H. The van der Waals surface area contributed by atoms with Crippen molar-refractivity contribution in [1.29, 1.82) is 0 Å². The minimum absolute atomic E-state index is 0. The maximum absolute atomic E-state index is 5.58. The largest absolute Gasteiger partial charge is 0.381 e. The Balaban J connectivity index is 0.00000484. The number of hydrogen-bond acceptors (Lipinski definition) is 3. The zero-order valence-corrected chi connectivity index (χ0v) is 17.6. The predicted molar refractivity (Wildman–Crippen MR) is 110 cm³/mol. The van der Waals surface area contributed by atoms with Gasteiger partial charge in [0.2, 0.25) is 0 Å². The van der Waals surface area contributed by atoms with Gasteiger partial charge >= 0.3 is 0 Å². The van der Waals surface area contributed by atoms with Crippen LogP contribution in [-0.2, 0) is 4.74 Å². The second-order valence-corrected chi connectivity index (χ2v) is 6.41. The van der Waals surface area contributed by atoms with Gasteiger partial charge in [-0.15, -0.1) is 24.0 Å². The van der Waals surface area contributed by atoms with Crippen LogP contribution in [0.25, 0.3) is 0 Å². The van der Waals surface area contributed by atoms with Gasteiger partial charge in [0.25, 0.3) is 0 Å². The monoisotopic (exact) mass is 440 g/mol. The Morgan fingerprint density at radius 3 is 2.57 bits per heavy atom. The summed E-state index contributed by atoms with van der Waals surface area (Å²) in [5, 5.41) is 6.73. The van der Waals surface area contributed by atoms with Crippen molar-refractivity contribution in [3.8, 4) is 0 Å². The average molecular weight is 440 g/mol. The summed E-state index contributed by atoms with van der Waals surface area (Å²) in [7, 11) is 0. The molecule has 138 valence electrons. The molecule has 0 bridgehead atoms. The molecule has 1 aliphatic heterocycles. The number of rotatable bonds is 11. The average Bonchev–Trinajstić information content (AvgIpc) is 3.00. The minimum atomic E-state index is 0. The fourth-order valence-electron chi connectivity index (χ4n) is 2.53. The highest BCUT2D eigenvalue weighted by molar-refractivity contribution is 14.0. The molecule has 0 spiro atoms. The highest BCUT2D eigenvalue weighted by Crippen LogP contribution is 2.06. The van der Waals surface area contributed by atoms with Gasteiger partial charge in [0.15, 0.2) is 5.96 Å². The summed E-state index contributed by atoms with van der Waals surface area (Å²) in [6, 6.07) is 0. The van der Waals surface area contributed by atoms with Crippen molar-refractivity contribution >= 4 is 29.9 Å². The zero-order valence-electron chi connectivity index (χ0n) is 15.3. The first kappa shape index (κ1) is 22.9. The lowest BCUT2D eigenvalue weighted by Gasteiger charge is -2.15. The summed E-state index contributed by atoms with van der Waals surface area (Å²) in [4.78, 5) is 7.15. The van der Waals surface area contributed by atoms with E-state index < -0.39 is 0 Å². The summed E-state index contributed by atoms with van der Waals surface area (Å²) in [5.74, 6) is 1.55.